The van der Waals surface area contributed by atoms with Gasteiger partial charge < -0.3 is 15.8 Å². The Labute approximate surface area is 108 Å². The third-order valence-corrected chi connectivity index (χ3v) is 3.82. The highest BCUT2D eigenvalue weighted by Gasteiger charge is 2.33. The number of methoxy groups -OCH3 is 1. The van der Waals surface area contributed by atoms with E-state index in [0.717, 1.165) is 25.7 Å². The minimum atomic E-state index is -0.596. The summed E-state index contributed by atoms with van der Waals surface area (Å²) in [5.41, 5.74) is 5.76. The molecule has 0 aliphatic heterocycles. The van der Waals surface area contributed by atoms with E-state index in [1.54, 1.807) is 6.92 Å². The second-order valence-electron chi connectivity index (χ2n) is 5.25. The van der Waals surface area contributed by atoms with Crippen LogP contribution in [0.5, 0.6) is 0 Å². The molecule has 0 saturated heterocycles. The van der Waals surface area contributed by atoms with E-state index in [9.17, 15) is 9.59 Å². The van der Waals surface area contributed by atoms with Crippen molar-refractivity contribution in [1.29, 1.82) is 0 Å². The summed E-state index contributed by atoms with van der Waals surface area (Å²) >= 11 is 0. The van der Waals surface area contributed by atoms with Crippen LogP contribution in [0.2, 0.25) is 0 Å². The minimum Gasteiger partial charge on any atom is -0.467 e. The zero-order valence-electron chi connectivity index (χ0n) is 11.3. The zero-order valence-corrected chi connectivity index (χ0v) is 11.3. The van der Waals surface area contributed by atoms with E-state index in [1.807, 2.05) is 0 Å². The van der Waals surface area contributed by atoms with Crippen molar-refractivity contribution in [3.8, 4) is 0 Å². The molecule has 0 radical (unpaired) electrons. The van der Waals surface area contributed by atoms with Crippen molar-refractivity contribution in [2.24, 2.45) is 11.1 Å². The van der Waals surface area contributed by atoms with Gasteiger partial charge in [-0.25, -0.2) is 4.79 Å². The molecule has 0 aromatic rings. The van der Waals surface area contributed by atoms with Gasteiger partial charge in [-0.1, -0.05) is 19.3 Å². The topological polar surface area (TPSA) is 81.4 Å². The third-order valence-electron chi connectivity index (χ3n) is 3.82. The molecule has 3 N–H and O–H groups in total. The molecule has 0 spiro atoms. The molecule has 1 rings (SSSR count). The third kappa shape index (κ3) is 3.98. The SMILES string of the molecule is COC(=O)[C@@H](C)NC(=O)CC1(CN)CCCCC1. The maximum atomic E-state index is 11.9. The predicted molar refractivity (Wildman–Crippen MR) is 68.8 cm³/mol. The van der Waals surface area contributed by atoms with Crippen molar-refractivity contribution in [2.45, 2.75) is 51.5 Å². The van der Waals surface area contributed by atoms with Crippen LogP contribution >= 0.6 is 0 Å². The van der Waals surface area contributed by atoms with E-state index in [-0.39, 0.29) is 11.3 Å². The van der Waals surface area contributed by atoms with E-state index in [4.69, 9.17) is 5.73 Å². The first-order valence-electron chi connectivity index (χ1n) is 6.60. The molecule has 0 aromatic carbocycles. The lowest BCUT2D eigenvalue weighted by Gasteiger charge is -2.35. The summed E-state index contributed by atoms with van der Waals surface area (Å²) < 4.78 is 4.58. The smallest absolute Gasteiger partial charge is 0.328 e. The second kappa shape index (κ2) is 6.73. The van der Waals surface area contributed by atoms with Crippen molar-refractivity contribution in [1.82, 2.24) is 5.32 Å². The zero-order chi connectivity index (χ0) is 13.6. The van der Waals surface area contributed by atoms with Crippen LogP contribution in [0.15, 0.2) is 0 Å². The van der Waals surface area contributed by atoms with Crippen LogP contribution in [-0.2, 0) is 14.3 Å². The average Bonchev–Trinajstić information content (AvgIpc) is 2.38. The fourth-order valence-electron chi connectivity index (χ4n) is 2.62. The van der Waals surface area contributed by atoms with E-state index < -0.39 is 12.0 Å². The van der Waals surface area contributed by atoms with Gasteiger partial charge in [-0.2, -0.15) is 0 Å². The number of nitrogens with one attached hydrogen (secondary N) is 1. The number of hydrogen-bond acceptors (Lipinski definition) is 4. The highest BCUT2D eigenvalue weighted by Crippen LogP contribution is 2.38. The highest BCUT2D eigenvalue weighted by molar-refractivity contribution is 5.84. The first-order chi connectivity index (χ1) is 8.53. The van der Waals surface area contributed by atoms with Crippen molar-refractivity contribution in [2.75, 3.05) is 13.7 Å². The molecule has 1 fully saturated rings. The van der Waals surface area contributed by atoms with Crippen molar-refractivity contribution < 1.29 is 14.3 Å². The van der Waals surface area contributed by atoms with Gasteiger partial charge in [0.1, 0.15) is 6.04 Å². The summed E-state index contributed by atoms with van der Waals surface area (Å²) in [6.45, 7) is 2.16. The number of hydrogen-bond donors (Lipinski definition) is 2. The van der Waals surface area contributed by atoms with Gasteiger partial charge in [-0.05, 0) is 31.7 Å². The van der Waals surface area contributed by atoms with Gasteiger partial charge in [0.15, 0.2) is 0 Å². The molecule has 18 heavy (non-hydrogen) atoms. The number of rotatable bonds is 5. The monoisotopic (exact) mass is 256 g/mol. The molecular weight excluding hydrogens is 232 g/mol. The van der Waals surface area contributed by atoms with Crippen molar-refractivity contribution in [3.05, 3.63) is 0 Å². The van der Waals surface area contributed by atoms with Gasteiger partial charge >= 0.3 is 5.97 Å². The summed E-state index contributed by atoms with van der Waals surface area (Å²) in [6.07, 6.45) is 5.91. The van der Waals surface area contributed by atoms with E-state index >= 15 is 0 Å². The largest absolute Gasteiger partial charge is 0.467 e. The van der Waals surface area contributed by atoms with Gasteiger partial charge in [-0.15, -0.1) is 0 Å². The van der Waals surface area contributed by atoms with Gasteiger partial charge in [0.05, 0.1) is 7.11 Å². The first-order valence-corrected chi connectivity index (χ1v) is 6.60. The molecule has 1 atom stereocenters. The Morgan fingerprint density at radius 1 is 1.33 bits per heavy atom. The van der Waals surface area contributed by atoms with Crippen LogP contribution in [-0.4, -0.2) is 31.6 Å². The number of carbonyl (C=O) groups is 2. The Kier molecular flexibility index (Phi) is 5.59. The van der Waals surface area contributed by atoms with Crippen LogP contribution in [0, 0.1) is 5.41 Å². The molecule has 1 amide bonds. The molecule has 5 heteroatoms. The maximum absolute atomic E-state index is 11.9. The van der Waals surface area contributed by atoms with Crippen LogP contribution in [0.25, 0.3) is 0 Å². The molecule has 1 aliphatic carbocycles. The molecule has 0 aromatic heterocycles. The Morgan fingerprint density at radius 3 is 2.44 bits per heavy atom. The second-order valence-corrected chi connectivity index (χ2v) is 5.25. The quantitative estimate of drug-likeness (QED) is 0.718. The lowest BCUT2D eigenvalue weighted by atomic mass is 9.71. The Balaban J connectivity index is 2.49. The van der Waals surface area contributed by atoms with Crippen molar-refractivity contribution >= 4 is 11.9 Å². The summed E-state index contributed by atoms with van der Waals surface area (Å²) in [5, 5.41) is 2.67. The standard InChI is InChI=1S/C13H24N2O3/c1-10(12(17)18-2)15-11(16)8-13(9-14)6-4-3-5-7-13/h10H,3-9,14H2,1-2H3,(H,15,16)/t10-/m1/s1. The number of esters is 1. The van der Waals surface area contributed by atoms with E-state index in [2.05, 4.69) is 10.1 Å². The molecular formula is C13H24N2O3. The van der Waals surface area contributed by atoms with Crippen LogP contribution in [0.4, 0.5) is 0 Å². The summed E-state index contributed by atoms with van der Waals surface area (Å²) in [7, 11) is 1.31. The summed E-state index contributed by atoms with van der Waals surface area (Å²) in [4.78, 5) is 23.2. The molecule has 0 heterocycles. The number of amides is 1. The van der Waals surface area contributed by atoms with E-state index in [0.29, 0.717) is 13.0 Å². The molecule has 104 valence electrons. The normalized spacial score (nSPS) is 19.9. The molecule has 1 saturated carbocycles. The molecule has 5 nitrogen and oxygen atoms in total. The predicted octanol–water partition coefficient (Wildman–Crippen LogP) is 0.963. The number of nitrogens with two attached hydrogens (primary N) is 1. The molecule has 1 aliphatic rings. The van der Waals surface area contributed by atoms with Crippen LogP contribution < -0.4 is 11.1 Å². The molecule has 0 unspecified atom stereocenters. The van der Waals surface area contributed by atoms with Crippen molar-refractivity contribution in [3.63, 3.8) is 0 Å². The summed E-state index contributed by atoms with van der Waals surface area (Å²) in [6, 6.07) is -0.596. The first kappa shape index (κ1) is 15.0. The fourth-order valence-corrected chi connectivity index (χ4v) is 2.62. The fraction of sp³-hybridized carbons (Fsp3) is 0.846. The van der Waals surface area contributed by atoms with Gasteiger partial charge in [0, 0.05) is 6.42 Å². The van der Waals surface area contributed by atoms with E-state index in [1.165, 1.54) is 13.5 Å². The van der Waals surface area contributed by atoms with Gasteiger partial charge in [-0.3, -0.25) is 4.79 Å². The van der Waals surface area contributed by atoms with Gasteiger partial charge in [0.2, 0.25) is 5.91 Å². The summed E-state index contributed by atoms with van der Waals surface area (Å²) in [5.74, 6) is -0.533. The number of ether oxygens (including phenoxy) is 1. The Morgan fingerprint density at radius 2 is 1.94 bits per heavy atom. The van der Waals surface area contributed by atoms with Crippen LogP contribution in [0.3, 0.4) is 0 Å². The average molecular weight is 256 g/mol. The Bertz CT molecular complexity index is 299. The van der Waals surface area contributed by atoms with Gasteiger partial charge in [0.25, 0.3) is 0 Å². The lowest BCUT2D eigenvalue weighted by molar-refractivity contribution is -0.144. The molecule has 0 bridgehead atoms. The lowest BCUT2D eigenvalue weighted by Crippen LogP contribution is -2.43. The number of carbonyl (C=O) groups excluding carboxylic acids is 2. The Hall–Kier alpha value is -1.10. The highest BCUT2D eigenvalue weighted by atomic mass is 16.5. The maximum Gasteiger partial charge on any atom is 0.328 e. The minimum absolute atomic E-state index is 0.0713. The van der Waals surface area contributed by atoms with Crippen LogP contribution in [0.1, 0.15) is 45.4 Å².